The largest absolute Gasteiger partial charge is 0.480 e. The molecule has 0 aliphatic heterocycles. The third kappa shape index (κ3) is 5.17. The fourth-order valence-corrected chi connectivity index (χ4v) is 1.11. The van der Waals surface area contributed by atoms with Crippen molar-refractivity contribution in [3.05, 3.63) is 12.7 Å². The van der Waals surface area contributed by atoms with Gasteiger partial charge in [0.1, 0.15) is 6.04 Å². The van der Waals surface area contributed by atoms with Crippen LogP contribution < -0.4 is 11.1 Å². The molecule has 0 aromatic heterocycles. The molecule has 5 nitrogen and oxygen atoms in total. The van der Waals surface area contributed by atoms with E-state index in [2.05, 4.69) is 11.9 Å². The van der Waals surface area contributed by atoms with Gasteiger partial charge in [-0.25, -0.2) is 4.79 Å². The molecule has 0 aliphatic carbocycles. The summed E-state index contributed by atoms with van der Waals surface area (Å²) in [4.78, 5) is 22.1. The van der Waals surface area contributed by atoms with Crippen molar-refractivity contribution < 1.29 is 14.7 Å². The number of carbonyl (C=O) groups is 2. The van der Waals surface area contributed by atoms with Crippen LogP contribution >= 0.6 is 0 Å². The highest BCUT2D eigenvalue weighted by Gasteiger charge is 2.21. The number of hydrogen-bond donors (Lipinski definition) is 3. The molecule has 0 spiro atoms. The first-order valence-electron chi connectivity index (χ1n) is 4.92. The Kier molecular flexibility index (Phi) is 6.37. The van der Waals surface area contributed by atoms with E-state index in [0.29, 0.717) is 19.3 Å². The second-order valence-electron chi connectivity index (χ2n) is 3.32. The molecule has 0 aromatic rings. The molecule has 86 valence electrons. The number of nitrogens with two attached hydrogens (primary N) is 1. The van der Waals surface area contributed by atoms with Gasteiger partial charge in [0.25, 0.3) is 0 Å². The summed E-state index contributed by atoms with van der Waals surface area (Å²) in [5.41, 5.74) is 5.50. The molecule has 0 saturated heterocycles. The van der Waals surface area contributed by atoms with E-state index in [-0.39, 0.29) is 0 Å². The van der Waals surface area contributed by atoms with E-state index in [1.54, 1.807) is 0 Å². The predicted molar refractivity (Wildman–Crippen MR) is 57.3 cm³/mol. The van der Waals surface area contributed by atoms with Crippen LogP contribution in [0, 0.1) is 0 Å². The van der Waals surface area contributed by atoms with E-state index in [9.17, 15) is 9.59 Å². The van der Waals surface area contributed by atoms with Crippen LogP contribution in [-0.4, -0.2) is 29.1 Å². The third-order valence-electron chi connectivity index (χ3n) is 1.95. The van der Waals surface area contributed by atoms with Crippen LogP contribution in [0.4, 0.5) is 0 Å². The van der Waals surface area contributed by atoms with Crippen molar-refractivity contribution in [1.82, 2.24) is 5.32 Å². The van der Waals surface area contributed by atoms with Gasteiger partial charge in [0.2, 0.25) is 5.91 Å². The first-order valence-corrected chi connectivity index (χ1v) is 4.92. The highest BCUT2D eigenvalue weighted by atomic mass is 16.4. The Balaban J connectivity index is 4.21. The van der Waals surface area contributed by atoms with Gasteiger partial charge in [-0.1, -0.05) is 19.4 Å². The lowest BCUT2D eigenvalue weighted by atomic mass is 10.1. The highest BCUT2D eigenvalue weighted by molar-refractivity contribution is 5.86. The van der Waals surface area contributed by atoms with Gasteiger partial charge in [-0.15, -0.1) is 6.58 Å². The van der Waals surface area contributed by atoms with Crippen molar-refractivity contribution in [2.45, 2.75) is 38.3 Å². The summed E-state index contributed by atoms with van der Waals surface area (Å²) in [5, 5.41) is 11.2. The molecule has 0 bridgehead atoms. The molecule has 0 fully saturated rings. The van der Waals surface area contributed by atoms with Crippen molar-refractivity contribution >= 4 is 11.9 Å². The van der Waals surface area contributed by atoms with Crippen molar-refractivity contribution in [3.8, 4) is 0 Å². The van der Waals surface area contributed by atoms with Gasteiger partial charge in [-0.05, 0) is 12.8 Å². The number of carbonyl (C=O) groups excluding carboxylic acids is 1. The van der Waals surface area contributed by atoms with E-state index in [4.69, 9.17) is 10.8 Å². The summed E-state index contributed by atoms with van der Waals surface area (Å²) < 4.78 is 0. The number of hydrogen-bond acceptors (Lipinski definition) is 3. The Morgan fingerprint density at radius 1 is 1.60 bits per heavy atom. The monoisotopic (exact) mass is 214 g/mol. The molecule has 0 heterocycles. The zero-order valence-electron chi connectivity index (χ0n) is 8.90. The fourth-order valence-electron chi connectivity index (χ4n) is 1.11. The minimum Gasteiger partial charge on any atom is -0.480 e. The molecule has 15 heavy (non-hydrogen) atoms. The summed E-state index contributed by atoms with van der Waals surface area (Å²) in [7, 11) is 0. The van der Waals surface area contributed by atoms with Crippen molar-refractivity contribution in [2.24, 2.45) is 5.73 Å². The Morgan fingerprint density at radius 3 is 2.60 bits per heavy atom. The smallest absolute Gasteiger partial charge is 0.326 e. The van der Waals surface area contributed by atoms with Crippen LogP contribution in [0.1, 0.15) is 26.2 Å². The zero-order valence-corrected chi connectivity index (χ0v) is 8.90. The van der Waals surface area contributed by atoms with Crippen LogP contribution in [0.3, 0.4) is 0 Å². The number of amides is 1. The first-order chi connectivity index (χ1) is 7.02. The average Bonchev–Trinajstić information content (AvgIpc) is 2.17. The minimum absolute atomic E-state index is 0.338. The first kappa shape index (κ1) is 13.6. The lowest BCUT2D eigenvalue weighted by Crippen LogP contribution is -2.48. The van der Waals surface area contributed by atoms with E-state index in [1.807, 2.05) is 6.92 Å². The maximum Gasteiger partial charge on any atom is 0.326 e. The van der Waals surface area contributed by atoms with Crippen molar-refractivity contribution in [3.63, 3.8) is 0 Å². The molecule has 2 unspecified atom stereocenters. The highest BCUT2D eigenvalue weighted by Crippen LogP contribution is 1.98. The summed E-state index contributed by atoms with van der Waals surface area (Å²) in [6.07, 6.45) is 2.96. The Morgan fingerprint density at radius 2 is 2.20 bits per heavy atom. The van der Waals surface area contributed by atoms with Gasteiger partial charge in [0.15, 0.2) is 0 Å². The molecule has 1 amide bonds. The quantitative estimate of drug-likeness (QED) is 0.530. The SMILES string of the molecule is C=CCC(N)C(=O)NC(CCC)C(=O)O. The van der Waals surface area contributed by atoms with Crippen molar-refractivity contribution in [2.75, 3.05) is 0 Å². The third-order valence-corrected chi connectivity index (χ3v) is 1.95. The van der Waals surface area contributed by atoms with Gasteiger partial charge in [0, 0.05) is 0 Å². The average molecular weight is 214 g/mol. The second kappa shape index (κ2) is 7.00. The van der Waals surface area contributed by atoms with Crippen LogP contribution in [0.15, 0.2) is 12.7 Å². The van der Waals surface area contributed by atoms with Gasteiger partial charge in [-0.2, -0.15) is 0 Å². The summed E-state index contributed by atoms with van der Waals surface area (Å²) in [5.74, 6) is -1.48. The number of aliphatic carboxylic acids is 1. The Hall–Kier alpha value is -1.36. The summed E-state index contributed by atoms with van der Waals surface area (Å²) in [6, 6.07) is -1.57. The maximum atomic E-state index is 11.4. The van der Waals surface area contributed by atoms with Gasteiger partial charge >= 0.3 is 5.97 Å². The summed E-state index contributed by atoms with van der Waals surface area (Å²) >= 11 is 0. The molecule has 4 N–H and O–H groups in total. The topological polar surface area (TPSA) is 92.4 Å². The van der Waals surface area contributed by atoms with E-state index >= 15 is 0 Å². The van der Waals surface area contributed by atoms with Crippen LogP contribution in [0.25, 0.3) is 0 Å². The van der Waals surface area contributed by atoms with Crippen molar-refractivity contribution in [1.29, 1.82) is 0 Å². The van der Waals surface area contributed by atoms with Gasteiger partial charge < -0.3 is 16.2 Å². The second-order valence-corrected chi connectivity index (χ2v) is 3.32. The molecule has 5 heteroatoms. The zero-order chi connectivity index (χ0) is 11.8. The molecular formula is C10H18N2O3. The molecule has 0 saturated carbocycles. The van der Waals surface area contributed by atoms with Crippen LogP contribution in [0.2, 0.25) is 0 Å². The van der Waals surface area contributed by atoms with E-state index in [1.165, 1.54) is 6.08 Å². The predicted octanol–water partition coefficient (Wildman–Crippen LogP) is 0.259. The number of rotatable bonds is 7. The summed E-state index contributed by atoms with van der Waals surface area (Å²) in [6.45, 7) is 5.31. The Bertz CT molecular complexity index is 241. The van der Waals surface area contributed by atoms with Crippen LogP contribution in [0.5, 0.6) is 0 Å². The molecule has 0 radical (unpaired) electrons. The maximum absolute atomic E-state index is 11.4. The molecule has 2 atom stereocenters. The Labute approximate surface area is 89.3 Å². The molecular weight excluding hydrogens is 196 g/mol. The lowest BCUT2D eigenvalue weighted by molar-refractivity contribution is -0.142. The fraction of sp³-hybridized carbons (Fsp3) is 0.600. The van der Waals surface area contributed by atoms with Gasteiger partial charge in [-0.3, -0.25) is 4.79 Å². The molecule has 0 aromatic carbocycles. The number of nitrogens with one attached hydrogen (secondary N) is 1. The normalized spacial score (nSPS) is 14.0. The van der Waals surface area contributed by atoms with Crippen LogP contribution in [-0.2, 0) is 9.59 Å². The molecule has 0 rings (SSSR count). The minimum atomic E-state index is -1.03. The van der Waals surface area contributed by atoms with E-state index in [0.717, 1.165) is 0 Å². The standard InChI is InChI=1S/C10H18N2O3/c1-3-5-7(11)9(13)12-8(6-4-2)10(14)15/h3,7-8H,1,4-6,11H2,2H3,(H,12,13)(H,14,15). The number of carboxylic acids is 1. The lowest BCUT2D eigenvalue weighted by Gasteiger charge is -2.16. The number of carboxylic acid groups (broad SMARTS) is 1. The van der Waals surface area contributed by atoms with Gasteiger partial charge in [0.05, 0.1) is 6.04 Å². The van der Waals surface area contributed by atoms with E-state index < -0.39 is 24.0 Å². The molecule has 0 aliphatic rings.